The fourth-order valence-electron chi connectivity index (χ4n) is 7.61. The Hall–Kier alpha value is -7.29. The Kier molecular flexibility index (Phi) is 6.80. The molecule has 3 heterocycles. The number of rotatable bonds is 5. The van der Waals surface area contributed by atoms with Gasteiger partial charge in [0.25, 0.3) is 0 Å². The second-order valence-corrected chi connectivity index (χ2v) is 12.8. The van der Waals surface area contributed by atoms with Crippen LogP contribution < -0.4 is 0 Å². The number of benzene rings is 7. The molecule has 0 bridgehead atoms. The largest absolute Gasteiger partial charge is 0.455 e. The number of hydrogen-bond donors (Lipinski definition) is 0. The fraction of sp³-hybridized carbons (Fsp3) is 0. The molecule has 0 spiro atoms. The van der Waals surface area contributed by atoms with Crippen LogP contribution in [0.25, 0.3) is 94.5 Å². The van der Waals surface area contributed by atoms with E-state index in [1.54, 1.807) is 0 Å². The van der Waals surface area contributed by atoms with E-state index >= 15 is 0 Å². The van der Waals surface area contributed by atoms with Gasteiger partial charge in [0.1, 0.15) is 22.8 Å². The number of furan rings is 1. The molecule has 0 saturated carbocycles. The highest BCUT2D eigenvalue weighted by Gasteiger charge is 2.24. The van der Waals surface area contributed by atoms with Gasteiger partial charge in [-0.15, -0.1) is 0 Å². The van der Waals surface area contributed by atoms with Crippen molar-refractivity contribution in [1.29, 1.82) is 5.26 Å². The van der Waals surface area contributed by atoms with E-state index in [4.69, 9.17) is 14.4 Å². The quantitative estimate of drug-likeness (QED) is 0.184. The molecule has 52 heavy (non-hydrogen) atoms. The van der Waals surface area contributed by atoms with Crippen molar-refractivity contribution in [1.82, 2.24) is 14.5 Å². The lowest BCUT2D eigenvalue weighted by Crippen LogP contribution is -2.04. The minimum Gasteiger partial charge on any atom is -0.455 e. The van der Waals surface area contributed by atoms with Crippen molar-refractivity contribution >= 4 is 43.7 Å². The van der Waals surface area contributed by atoms with Gasteiger partial charge in [0.15, 0.2) is 5.82 Å². The van der Waals surface area contributed by atoms with Gasteiger partial charge in [0.2, 0.25) is 0 Å². The lowest BCUT2D eigenvalue weighted by Gasteiger charge is -2.19. The summed E-state index contributed by atoms with van der Waals surface area (Å²) in [6, 6.07) is 60.1. The normalized spacial score (nSPS) is 11.4. The molecule has 0 amide bonds. The summed E-state index contributed by atoms with van der Waals surface area (Å²) in [5, 5.41) is 14.9. The maximum absolute atomic E-state index is 10.6. The van der Waals surface area contributed by atoms with Crippen LogP contribution in [0.3, 0.4) is 0 Å². The molecule has 10 aromatic rings. The van der Waals surface area contributed by atoms with Crippen LogP contribution in [-0.4, -0.2) is 14.5 Å². The monoisotopic (exact) mass is 664 g/mol. The van der Waals surface area contributed by atoms with Crippen LogP contribution in [0.4, 0.5) is 0 Å². The Labute approximate surface area is 299 Å². The van der Waals surface area contributed by atoms with E-state index in [9.17, 15) is 5.26 Å². The van der Waals surface area contributed by atoms with Crippen LogP contribution in [-0.2, 0) is 0 Å². The molecule has 0 N–H and O–H groups in total. The molecule has 10 rings (SSSR count). The number of nitrogens with zero attached hydrogens (tertiary/aromatic N) is 4. The molecular weight excluding hydrogens is 637 g/mol. The van der Waals surface area contributed by atoms with Crippen molar-refractivity contribution in [3.63, 3.8) is 0 Å². The number of para-hydroxylation sites is 2. The molecule has 0 atom stereocenters. The SMILES string of the molecule is N#Cc1c(-c2ccccc2)nc(-c2cccc(-n3c4ccccc4c4c5oc6ccccc6c5ccc43)c2-c2ccccc2)nc1-c1ccccc1. The molecule has 0 aliphatic rings. The summed E-state index contributed by atoms with van der Waals surface area (Å²) in [7, 11) is 0. The standard InChI is InChI=1S/C47H28N4O/c48-29-37-44(31-17-6-2-7-18-31)49-47(50-45(37)32-19-8-3-9-20-32)36-23-14-25-39(42(36)30-15-4-1-5-16-30)51-38-24-12-10-22-35(38)43-40(51)28-27-34-33-21-11-13-26-41(33)52-46(34)43/h1-28H. The van der Waals surface area contributed by atoms with E-state index in [-0.39, 0.29) is 0 Å². The van der Waals surface area contributed by atoms with E-state index in [0.29, 0.717) is 22.8 Å². The summed E-state index contributed by atoms with van der Waals surface area (Å²) >= 11 is 0. The van der Waals surface area contributed by atoms with Crippen LogP contribution in [0.1, 0.15) is 5.56 Å². The van der Waals surface area contributed by atoms with Gasteiger partial charge in [-0.3, -0.25) is 0 Å². The van der Waals surface area contributed by atoms with E-state index in [1.165, 1.54) is 0 Å². The van der Waals surface area contributed by atoms with Gasteiger partial charge < -0.3 is 8.98 Å². The third kappa shape index (κ3) is 4.56. The summed E-state index contributed by atoms with van der Waals surface area (Å²) < 4.78 is 8.94. The highest BCUT2D eigenvalue weighted by molar-refractivity contribution is 6.24. The zero-order valence-corrected chi connectivity index (χ0v) is 27.9. The Balaban J connectivity index is 1.32. The minimum absolute atomic E-state index is 0.441. The first-order valence-corrected chi connectivity index (χ1v) is 17.2. The first kappa shape index (κ1) is 29.6. The highest BCUT2D eigenvalue weighted by atomic mass is 16.3. The number of nitriles is 1. The zero-order chi connectivity index (χ0) is 34.6. The zero-order valence-electron chi connectivity index (χ0n) is 27.9. The van der Waals surface area contributed by atoms with Crippen LogP contribution in [0.2, 0.25) is 0 Å². The summed E-state index contributed by atoms with van der Waals surface area (Å²) in [6.45, 7) is 0. The maximum atomic E-state index is 10.6. The topological polar surface area (TPSA) is 67.6 Å². The third-order valence-electron chi connectivity index (χ3n) is 9.88. The molecule has 0 aliphatic carbocycles. The number of fused-ring (bicyclic) bond motifs is 7. The first-order chi connectivity index (χ1) is 25.8. The molecule has 0 radical (unpaired) electrons. The number of aromatic nitrogens is 3. The molecule has 0 unspecified atom stereocenters. The Morgan fingerprint density at radius 1 is 0.500 bits per heavy atom. The summed E-state index contributed by atoms with van der Waals surface area (Å²) in [4.78, 5) is 10.4. The molecule has 5 heteroatoms. The lowest BCUT2D eigenvalue weighted by molar-refractivity contribution is 0.673. The summed E-state index contributed by atoms with van der Waals surface area (Å²) in [5.74, 6) is 0.540. The smallest absolute Gasteiger partial charge is 0.161 e. The second kappa shape index (κ2) is 11.9. The van der Waals surface area contributed by atoms with Crippen molar-refractivity contribution in [3.05, 3.63) is 175 Å². The van der Waals surface area contributed by atoms with Crippen LogP contribution in [0, 0.1) is 11.3 Å². The van der Waals surface area contributed by atoms with E-state index in [0.717, 1.165) is 77.2 Å². The van der Waals surface area contributed by atoms with Crippen molar-refractivity contribution in [2.75, 3.05) is 0 Å². The molecule has 0 saturated heterocycles. The average Bonchev–Trinajstić information content (AvgIpc) is 3.77. The molecular formula is C47H28N4O. The second-order valence-electron chi connectivity index (χ2n) is 12.8. The van der Waals surface area contributed by atoms with Crippen molar-refractivity contribution in [2.24, 2.45) is 0 Å². The molecule has 0 fully saturated rings. The lowest BCUT2D eigenvalue weighted by atomic mass is 9.95. The van der Waals surface area contributed by atoms with Crippen LogP contribution >= 0.6 is 0 Å². The highest BCUT2D eigenvalue weighted by Crippen LogP contribution is 2.44. The van der Waals surface area contributed by atoms with E-state index < -0.39 is 0 Å². The molecule has 7 aromatic carbocycles. The summed E-state index contributed by atoms with van der Waals surface area (Å²) in [6.07, 6.45) is 0. The average molecular weight is 665 g/mol. The summed E-state index contributed by atoms with van der Waals surface area (Å²) in [5.41, 5.74) is 11.1. The van der Waals surface area contributed by atoms with Gasteiger partial charge in [0, 0.05) is 38.4 Å². The van der Waals surface area contributed by atoms with Crippen LogP contribution in [0.5, 0.6) is 0 Å². The van der Waals surface area contributed by atoms with Gasteiger partial charge in [0.05, 0.1) is 33.5 Å². The van der Waals surface area contributed by atoms with Gasteiger partial charge in [-0.1, -0.05) is 140 Å². The molecule has 0 aliphatic heterocycles. The predicted octanol–water partition coefficient (Wildman–Crippen LogP) is 12.0. The van der Waals surface area contributed by atoms with Gasteiger partial charge in [-0.2, -0.15) is 5.26 Å². The van der Waals surface area contributed by atoms with Crippen LogP contribution in [0.15, 0.2) is 174 Å². The molecule has 3 aromatic heterocycles. The Morgan fingerprint density at radius 2 is 1.10 bits per heavy atom. The predicted molar refractivity (Wildman–Crippen MR) is 210 cm³/mol. The van der Waals surface area contributed by atoms with Crippen molar-refractivity contribution in [2.45, 2.75) is 0 Å². The van der Waals surface area contributed by atoms with Crippen molar-refractivity contribution in [3.8, 4) is 56.8 Å². The molecule has 5 nitrogen and oxygen atoms in total. The van der Waals surface area contributed by atoms with Gasteiger partial charge >= 0.3 is 0 Å². The van der Waals surface area contributed by atoms with Gasteiger partial charge in [-0.05, 0) is 35.9 Å². The first-order valence-electron chi connectivity index (χ1n) is 17.2. The van der Waals surface area contributed by atoms with E-state index in [1.807, 2.05) is 78.9 Å². The third-order valence-corrected chi connectivity index (χ3v) is 9.88. The Morgan fingerprint density at radius 3 is 1.77 bits per heavy atom. The van der Waals surface area contributed by atoms with E-state index in [2.05, 4.69) is 102 Å². The number of hydrogen-bond acceptors (Lipinski definition) is 4. The van der Waals surface area contributed by atoms with Gasteiger partial charge in [-0.25, -0.2) is 9.97 Å². The minimum atomic E-state index is 0.441. The van der Waals surface area contributed by atoms with Crippen molar-refractivity contribution < 1.29 is 4.42 Å². The Bertz CT molecular complexity index is 2950. The maximum Gasteiger partial charge on any atom is 0.161 e. The molecule has 242 valence electrons. The fourth-order valence-corrected chi connectivity index (χ4v) is 7.61.